The van der Waals surface area contributed by atoms with Crippen LogP contribution >= 0.6 is 34.2 Å². The summed E-state index contributed by atoms with van der Waals surface area (Å²) in [5.74, 6) is -0.140. The van der Waals surface area contributed by atoms with E-state index in [9.17, 15) is 9.18 Å². The van der Waals surface area contributed by atoms with Crippen LogP contribution in [0.1, 0.15) is 17.7 Å². The lowest BCUT2D eigenvalue weighted by Crippen LogP contribution is -2.48. The van der Waals surface area contributed by atoms with Crippen LogP contribution in [0.25, 0.3) is 0 Å². The monoisotopic (exact) mass is 490 g/mol. The van der Waals surface area contributed by atoms with Crippen molar-refractivity contribution >= 4 is 40.1 Å². The lowest BCUT2D eigenvalue weighted by molar-refractivity contribution is -0.133. The van der Waals surface area contributed by atoms with Gasteiger partial charge in [-0.05, 0) is 41.6 Å². The van der Waals surface area contributed by atoms with Gasteiger partial charge >= 0.3 is 0 Å². The molecule has 0 unspecified atom stereocenters. The summed E-state index contributed by atoms with van der Waals surface area (Å²) in [4.78, 5) is 16.5. The fourth-order valence-corrected chi connectivity index (χ4v) is 3.70. The summed E-state index contributed by atoms with van der Waals surface area (Å²) < 4.78 is 16.9. The zero-order chi connectivity index (χ0) is 18.7. The van der Waals surface area contributed by atoms with E-state index in [1.807, 2.05) is 22.7 Å². The van der Waals surface area contributed by atoms with E-state index < -0.39 is 0 Å². The number of carbonyl (C=O) groups excluding carboxylic acids is 1. The molecule has 2 heterocycles. The van der Waals surface area contributed by atoms with E-state index in [1.54, 1.807) is 12.1 Å². The Bertz CT molecular complexity index is 769. The lowest BCUT2D eigenvalue weighted by atomic mass is 10.1. The predicted octanol–water partition coefficient (Wildman–Crippen LogP) is 3.32. The minimum absolute atomic E-state index is 0.137. The first-order valence-electron chi connectivity index (χ1n) is 8.56. The molecule has 0 radical (unpaired) electrons. The quantitative estimate of drug-likeness (QED) is 0.604. The molecule has 0 saturated carbocycles. The summed E-state index contributed by atoms with van der Waals surface area (Å²) in [6, 6.07) is 4.75. The third kappa shape index (κ3) is 4.55. The van der Waals surface area contributed by atoms with E-state index >= 15 is 0 Å². The van der Waals surface area contributed by atoms with Gasteiger partial charge < -0.3 is 4.90 Å². The van der Waals surface area contributed by atoms with Gasteiger partial charge in [-0.25, -0.2) is 4.39 Å². The maximum absolute atomic E-state index is 13.9. The average molecular weight is 491 g/mol. The second-order valence-electron chi connectivity index (χ2n) is 6.41. The van der Waals surface area contributed by atoms with Crippen molar-refractivity contribution in [2.75, 3.05) is 26.2 Å². The van der Waals surface area contributed by atoms with E-state index in [-0.39, 0.29) is 11.7 Å². The average Bonchev–Trinajstić information content (AvgIpc) is 2.95. The van der Waals surface area contributed by atoms with Gasteiger partial charge in [-0.2, -0.15) is 5.10 Å². The van der Waals surface area contributed by atoms with Gasteiger partial charge in [0.05, 0.1) is 9.77 Å². The van der Waals surface area contributed by atoms with Crippen LogP contribution in [0, 0.1) is 16.3 Å². The smallest absolute Gasteiger partial charge is 0.224 e. The molecule has 26 heavy (non-hydrogen) atoms. The zero-order valence-corrected chi connectivity index (χ0v) is 17.5. The second-order valence-corrected chi connectivity index (χ2v) is 7.98. The summed E-state index contributed by atoms with van der Waals surface area (Å²) in [7, 11) is 0. The van der Waals surface area contributed by atoms with Crippen LogP contribution in [-0.2, 0) is 17.9 Å². The van der Waals surface area contributed by atoms with Gasteiger partial charge in [-0.15, -0.1) is 0 Å². The van der Waals surface area contributed by atoms with Crippen LogP contribution in [0.15, 0.2) is 24.4 Å². The van der Waals surface area contributed by atoms with Gasteiger partial charge in [0.25, 0.3) is 0 Å². The second kappa shape index (κ2) is 8.67. The Kier molecular flexibility index (Phi) is 6.52. The normalized spacial score (nSPS) is 15.5. The Balaban J connectivity index is 1.48. The van der Waals surface area contributed by atoms with Crippen molar-refractivity contribution in [2.45, 2.75) is 26.4 Å². The minimum Gasteiger partial charge on any atom is -0.340 e. The molecule has 1 saturated heterocycles. The Morgan fingerprint density at radius 1 is 1.31 bits per heavy atom. The highest BCUT2D eigenvalue weighted by atomic mass is 127. The van der Waals surface area contributed by atoms with Gasteiger partial charge in [0, 0.05) is 62.0 Å². The molecule has 0 atom stereocenters. The van der Waals surface area contributed by atoms with E-state index in [1.165, 1.54) is 6.07 Å². The fraction of sp³-hybridized carbons (Fsp3) is 0.444. The van der Waals surface area contributed by atoms with E-state index in [2.05, 4.69) is 32.6 Å². The molecule has 0 N–H and O–H groups in total. The number of carbonyl (C=O) groups is 1. The first kappa shape index (κ1) is 19.6. The first-order valence-corrected chi connectivity index (χ1v) is 10.0. The maximum atomic E-state index is 13.9. The van der Waals surface area contributed by atoms with Crippen molar-refractivity contribution in [3.63, 3.8) is 0 Å². The Morgan fingerprint density at radius 2 is 2.04 bits per heavy atom. The first-order chi connectivity index (χ1) is 12.5. The van der Waals surface area contributed by atoms with Gasteiger partial charge in [-0.3, -0.25) is 14.4 Å². The summed E-state index contributed by atoms with van der Waals surface area (Å²) in [5, 5.41) is 4.74. The fourth-order valence-electron chi connectivity index (χ4n) is 3.07. The number of rotatable bonds is 5. The molecule has 3 rings (SSSR count). The lowest BCUT2D eigenvalue weighted by Gasteiger charge is -2.35. The number of amides is 1. The largest absolute Gasteiger partial charge is 0.340 e. The number of halogens is 3. The van der Waals surface area contributed by atoms with Gasteiger partial charge in [0.15, 0.2) is 0 Å². The van der Waals surface area contributed by atoms with Gasteiger partial charge in [0.1, 0.15) is 5.82 Å². The molecular formula is C18H21ClFIN4O. The Hall–Kier alpha value is -1.19. The van der Waals surface area contributed by atoms with Crippen molar-refractivity contribution in [1.82, 2.24) is 19.6 Å². The number of benzene rings is 1. The third-order valence-corrected chi connectivity index (χ3v) is 6.16. The van der Waals surface area contributed by atoms with Crippen LogP contribution < -0.4 is 0 Å². The molecule has 1 aromatic carbocycles. The molecule has 1 aromatic heterocycles. The number of piperazine rings is 1. The molecule has 140 valence electrons. The van der Waals surface area contributed by atoms with Gasteiger partial charge in [0.2, 0.25) is 5.91 Å². The van der Waals surface area contributed by atoms with Crippen LogP contribution in [0.5, 0.6) is 0 Å². The van der Waals surface area contributed by atoms with Gasteiger partial charge in [-0.1, -0.05) is 17.7 Å². The molecule has 1 aliphatic rings. The molecule has 1 amide bonds. The predicted molar refractivity (Wildman–Crippen MR) is 108 cm³/mol. The highest BCUT2D eigenvalue weighted by Crippen LogP contribution is 2.21. The highest BCUT2D eigenvalue weighted by Gasteiger charge is 2.22. The van der Waals surface area contributed by atoms with Crippen molar-refractivity contribution < 1.29 is 9.18 Å². The van der Waals surface area contributed by atoms with Crippen LogP contribution in [0.2, 0.25) is 5.02 Å². The number of hydrogen-bond donors (Lipinski definition) is 0. The van der Waals surface area contributed by atoms with E-state index in [0.29, 0.717) is 43.2 Å². The van der Waals surface area contributed by atoms with Crippen molar-refractivity contribution in [2.24, 2.45) is 0 Å². The molecule has 1 fully saturated rings. The Labute approximate surface area is 171 Å². The molecular weight excluding hydrogens is 470 g/mol. The van der Waals surface area contributed by atoms with Crippen LogP contribution in [0.4, 0.5) is 4.39 Å². The van der Waals surface area contributed by atoms with Crippen LogP contribution in [0.3, 0.4) is 0 Å². The molecule has 1 aliphatic heterocycles. The standard InChI is InChI=1S/C18H21ClFIN4O/c1-13-17(21)11-22-25(13)6-5-18(26)24-9-7-23(8-10-24)12-14-15(19)3-2-4-16(14)20/h2-4,11H,5-10,12H2,1H3. The molecule has 5 nitrogen and oxygen atoms in total. The number of aryl methyl sites for hydroxylation is 1. The SMILES string of the molecule is Cc1c(I)cnn1CCC(=O)N1CCN(Cc2c(F)cccc2Cl)CC1. The van der Waals surface area contributed by atoms with Crippen LogP contribution in [-0.4, -0.2) is 51.7 Å². The minimum atomic E-state index is -0.278. The summed E-state index contributed by atoms with van der Waals surface area (Å²) in [5.41, 5.74) is 1.61. The molecule has 0 aliphatic carbocycles. The van der Waals surface area contributed by atoms with Crippen molar-refractivity contribution in [1.29, 1.82) is 0 Å². The van der Waals surface area contributed by atoms with E-state index in [0.717, 1.165) is 22.4 Å². The van der Waals surface area contributed by atoms with E-state index in [4.69, 9.17) is 11.6 Å². The maximum Gasteiger partial charge on any atom is 0.224 e. The summed E-state index contributed by atoms with van der Waals surface area (Å²) in [6.45, 7) is 5.81. The molecule has 0 spiro atoms. The highest BCUT2D eigenvalue weighted by molar-refractivity contribution is 14.1. The zero-order valence-electron chi connectivity index (χ0n) is 14.6. The number of hydrogen-bond acceptors (Lipinski definition) is 3. The molecule has 0 bridgehead atoms. The summed E-state index contributed by atoms with van der Waals surface area (Å²) in [6.07, 6.45) is 2.25. The summed E-state index contributed by atoms with van der Waals surface area (Å²) >= 11 is 8.34. The van der Waals surface area contributed by atoms with Crippen molar-refractivity contribution in [3.05, 3.63) is 50.1 Å². The molecule has 2 aromatic rings. The molecule has 8 heteroatoms. The number of aromatic nitrogens is 2. The van der Waals surface area contributed by atoms with Crippen molar-refractivity contribution in [3.8, 4) is 0 Å². The number of nitrogens with zero attached hydrogens (tertiary/aromatic N) is 4. The Morgan fingerprint density at radius 3 is 2.65 bits per heavy atom. The topological polar surface area (TPSA) is 41.4 Å². The third-order valence-electron chi connectivity index (χ3n) is 4.75.